The van der Waals surface area contributed by atoms with Gasteiger partial charge in [0, 0.05) is 18.3 Å². The predicted octanol–water partition coefficient (Wildman–Crippen LogP) is 2.36. The first-order valence-corrected chi connectivity index (χ1v) is 6.22. The second kappa shape index (κ2) is 6.49. The SMILES string of the molecule is CCCNC(=O)c1cc(Nc2ccccc2)ncn1. The van der Waals surface area contributed by atoms with Gasteiger partial charge in [-0.15, -0.1) is 0 Å². The Kier molecular flexibility index (Phi) is 4.44. The summed E-state index contributed by atoms with van der Waals surface area (Å²) >= 11 is 0. The van der Waals surface area contributed by atoms with Crippen LogP contribution in [0.1, 0.15) is 23.8 Å². The van der Waals surface area contributed by atoms with Gasteiger partial charge in [-0.05, 0) is 18.6 Å². The lowest BCUT2D eigenvalue weighted by atomic mass is 10.3. The Hall–Kier alpha value is -2.43. The standard InChI is InChI=1S/C14H16N4O/c1-2-8-15-14(19)12-9-13(17-10-16-12)18-11-6-4-3-5-7-11/h3-7,9-10H,2,8H2,1H3,(H,15,19)(H,16,17,18). The number of nitrogens with one attached hydrogen (secondary N) is 2. The molecule has 1 amide bonds. The summed E-state index contributed by atoms with van der Waals surface area (Å²) < 4.78 is 0. The lowest BCUT2D eigenvalue weighted by Gasteiger charge is -2.07. The van der Waals surface area contributed by atoms with Crippen molar-refractivity contribution in [2.75, 3.05) is 11.9 Å². The molecule has 1 aromatic heterocycles. The number of nitrogens with zero attached hydrogens (tertiary/aromatic N) is 2. The summed E-state index contributed by atoms with van der Waals surface area (Å²) in [6.07, 6.45) is 2.28. The highest BCUT2D eigenvalue weighted by Gasteiger charge is 2.07. The molecule has 0 atom stereocenters. The van der Waals surface area contributed by atoms with Gasteiger partial charge < -0.3 is 10.6 Å². The van der Waals surface area contributed by atoms with Crippen molar-refractivity contribution in [1.82, 2.24) is 15.3 Å². The summed E-state index contributed by atoms with van der Waals surface area (Å²) in [4.78, 5) is 19.8. The van der Waals surface area contributed by atoms with Crippen molar-refractivity contribution < 1.29 is 4.79 Å². The van der Waals surface area contributed by atoms with Gasteiger partial charge in [-0.1, -0.05) is 25.1 Å². The van der Waals surface area contributed by atoms with Crippen LogP contribution in [0.4, 0.5) is 11.5 Å². The van der Waals surface area contributed by atoms with Gasteiger partial charge in [-0.2, -0.15) is 0 Å². The molecule has 98 valence electrons. The maximum absolute atomic E-state index is 11.8. The first kappa shape index (κ1) is 13.0. The smallest absolute Gasteiger partial charge is 0.270 e. The summed E-state index contributed by atoms with van der Waals surface area (Å²) in [6.45, 7) is 2.65. The average Bonchev–Trinajstić information content (AvgIpc) is 2.46. The zero-order valence-corrected chi connectivity index (χ0v) is 10.8. The van der Waals surface area contributed by atoms with E-state index in [1.54, 1.807) is 6.07 Å². The lowest BCUT2D eigenvalue weighted by Crippen LogP contribution is -2.25. The third-order valence-corrected chi connectivity index (χ3v) is 2.48. The first-order chi connectivity index (χ1) is 9.29. The zero-order valence-electron chi connectivity index (χ0n) is 10.8. The minimum atomic E-state index is -0.180. The van der Waals surface area contributed by atoms with Gasteiger partial charge in [-0.3, -0.25) is 4.79 Å². The molecule has 19 heavy (non-hydrogen) atoms. The third kappa shape index (κ3) is 3.77. The van der Waals surface area contributed by atoms with Crippen molar-refractivity contribution in [3.63, 3.8) is 0 Å². The fraction of sp³-hybridized carbons (Fsp3) is 0.214. The van der Waals surface area contributed by atoms with E-state index >= 15 is 0 Å². The summed E-state index contributed by atoms with van der Waals surface area (Å²) in [5.74, 6) is 0.420. The number of hydrogen-bond donors (Lipinski definition) is 2. The van der Waals surface area contributed by atoms with Crippen LogP contribution in [0, 0.1) is 0 Å². The van der Waals surface area contributed by atoms with Gasteiger partial charge in [0.1, 0.15) is 17.8 Å². The van der Waals surface area contributed by atoms with E-state index < -0.39 is 0 Å². The molecule has 0 bridgehead atoms. The van der Waals surface area contributed by atoms with Crippen LogP contribution in [-0.2, 0) is 0 Å². The number of carbonyl (C=O) groups is 1. The molecule has 0 spiro atoms. The highest BCUT2D eigenvalue weighted by atomic mass is 16.1. The Bertz CT molecular complexity index is 542. The van der Waals surface area contributed by atoms with E-state index in [1.165, 1.54) is 6.33 Å². The molecule has 0 radical (unpaired) electrons. The Morgan fingerprint density at radius 1 is 1.21 bits per heavy atom. The van der Waals surface area contributed by atoms with Crippen molar-refractivity contribution in [1.29, 1.82) is 0 Å². The molecule has 1 heterocycles. The van der Waals surface area contributed by atoms with Crippen LogP contribution in [0.25, 0.3) is 0 Å². The third-order valence-electron chi connectivity index (χ3n) is 2.48. The summed E-state index contributed by atoms with van der Waals surface area (Å²) in [5, 5.41) is 5.91. The second-order valence-electron chi connectivity index (χ2n) is 4.04. The molecule has 0 aliphatic heterocycles. The maximum Gasteiger partial charge on any atom is 0.270 e. The van der Waals surface area contributed by atoms with E-state index in [-0.39, 0.29) is 5.91 Å². The summed E-state index contributed by atoms with van der Waals surface area (Å²) in [6, 6.07) is 11.3. The number of para-hydroxylation sites is 1. The molecular weight excluding hydrogens is 240 g/mol. The van der Waals surface area contributed by atoms with Gasteiger partial charge in [0.15, 0.2) is 0 Å². The minimum absolute atomic E-state index is 0.180. The quantitative estimate of drug-likeness (QED) is 0.861. The number of benzene rings is 1. The average molecular weight is 256 g/mol. The van der Waals surface area contributed by atoms with Crippen molar-refractivity contribution >= 4 is 17.4 Å². The Morgan fingerprint density at radius 3 is 2.74 bits per heavy atom. The van der Waals surface area contributed by atoms with Crippen LogP contribution in [0.2, 0.25) is 0 Å². The van der Waals surface area contributed by atoms with Crippen LogP contribution in [0.15, 0.2) is 42.7 Å². The van der Waals surface area contributed by atoms with Gasteiger partial charge >= 0.3 is 0 Å². The van der Waals surface area contributed by atoms with Crippen LogP contribution in [-0.4, -0.2) is 22.4 Å². The number of rotatable bonds is 5. The second-order valence-corrected chi connectivity index (χ2v) is 4.04. The Morgan fingerprint density at radius 2 is 2.00 bits per heavy atom. The molecule has 0 unspecified atom stereocenters. The molecule has 5 heteroatoms. The number of carbonyl (C=O) groups excluding carboxylic acids is 1. The van der Waals surface area contributed by atoms with E-state index in [0.717, 1.165) is 12.1 Å². The van der Waals surface area contributed by atoms with Gasteiger partial charge in [0.25, 0.3) is 5.91 Å². The van der Waals surface area contributed by atoms with Crippen molar-refractivity contribution in [3.8, 4) is 0 Å². The fourth-order valence-electron chi connectivity index (χ4n) is 1.55. The van der Waals surface area contributed by atoms with Crippen molar-refractivity contribution in [3.05, 3.63) is 48.4 Å². The van der Waals surface area contributed by atoms with Crippen LogP contribution in [0.5, 0.6) is 0 Å². The molecule has 5 nitrogen and oxygen atoms in total. The maximum atomic E-state index is 11.8. The molecular formula is C14H16N4O. The molecule has 0 saturated heterocycles. The lowest BCUT2D eigenvalue weighted by molar-refractivity contribution is 0.0948. The van der Waals surface area contributed by atoms with Gasteiger partial charge in [0.05, 0.1) is 0 Å². The highest BCUT2D eigenvalue weighted by Crippen LogP contribution is 2.13. The summed E-state index contributed by atoms with van der Waals surface area (Å²) in [7, 11) is 0. The normalized spacial score (nSPS) is 9.95. The molecule has 2 N–H and O–H groups in total. The molecule has 0 aliphatic carbocycles. The number of hydrogen-bond acceptors (Lipinski definition) is 4. The van der Waals surface area contributed by atoms with Crippen LogP contribution in [0.3, 0.4) is 0 Å². The summed E-state index contributed by atoms with van der Waals surface area (Å²) in [5.41, 5.74) is 1.28. The predicted molar refractivity (Wildman–Crippen MR) is 74.4 cm³/mol. The van der Waals surface area contributed by atoms with Gasteiger partial charge in [-0.25, -0.2) is 9.97 Å². The molecule has 2 aromatic rings. The van der Waals surface area contributed by atoms with E-state index in [2.05, 4.69) is 20.6 Å². The largest absolute Gasteiger partial charge is 0.351 e. The molecule has 0 fully saturated rings. The molecule has 0 saturated carbocycles. The van der Waals surface area contributed by atoms with Crippen molar-refractivity contribution in [2.24, 2.45) is 0 Å². The topological polar surface area (TPSA) is 66.9 Å². The number of aromatic nitrogens is 2. The molecule has 2 rings (SSSR count). The van der Waals surface area contributed by atoms with Crippen LogP contribution >= 0.6 is 0 Å². The zero-order chi connectivity index (χ0) is 13.5. The molecule has 0 aliphatic rings. The monoisotopic (exact) mass is 256 g/mol. The van der Waals surface area contributed by atoms with Crippen molar-refractivity contribution in [2.45, 2.75) is 13.3 Å². The van der Waals surface area contributed by atoms with E-state index in [4.69, 9.17) is 0 Å². The highest BCUT2D eigenvalue weighted by molar-refractivity contribution is 5.92. The fourth-order valence-corrected chi connectivity index (χ4v) is 1.55. The van der Waals surface area contributed by atoms with E-state index in [1.807, 2.05) is 37.3 Å². The van der Waals surface area contributed by atoms with E-state index in [0.29, 0.717) is 18.1 Å². The van der Waals surface area contributed by atoms with Gasteiger partial charge in [0.2, 0.25) is 0 Å². The Balaban J connectivity index is 2.09. The first-order valence-electron chi connectivity index (χ1n) is 6.22. The van der Waals surface area contributed by atoms with E-state index in [9.17, 15) is 4.79 Å². The minimum Gasteiger partial charge on any atom is -0.351 e. The van der Waals surface area contributed by atoms with Crippen LogP contribution < -0.4 is 10.6 Å². The Labute approximate surface area is 112 Å². The number of amides is 1. The molecule has 1 aromatic carbocycles. The number of anilines is 2.